The fourth-order valence-electron chi connectivity index (χ4n) is 4.25. The van der Waals surface area contributed by atoms with Crippen LogP contribution in [0.4, 0.5) is 0 Å². The Bertz CT molecular complexity index is 1390. The van der Waals surface area contributed by atoms with Crippen molar-refractivity contribution < 1.29 is 19.1 Å². The second-order valence-corrected chi connectivity index (χ2v) is 9.25. The first-order chi connectivity index (χ1) is 18.0. The summed E-state index contributed by atoms with van der Waals surface area (Å²) in [6.45, 7) is 6.79. The first-order valence-electron chi connectivity index (χ1n) is 12.6. The van der Waals surface area contributed by atoms with E-state index in [9.17, 15) is 9.59 Å². The predicted octanol–water partition coefficient (Wildman–Crippen LogP) is 5.66. The highest BCUT2D eigenvalue weighted by atomic mass is 32.2. The zero-order valence-electron chi connectivity index (χ0n) is 21.7. The lowest BCUT2D eigenvalue weighted by Crippen LogP contribution is -2.16. The fraction of sp³-hybridized carbons (Fsp3) is 0.357. The number of carbonyl (C=O) groups is 2. The number of hydrogen-bond donors (Lipinski definition) is 0. The zero-order chi connectivity index (χ0) is 26.4. The quantitative estimate of drug-likeness (QED) is 0.186. The largest absolute Gasteiger partial charge is 0.461 e. The van der Waals surface area contributed by atoms with Gasteiger partial charge in [-0.1, -0.05) is 43.7 Å². The highest BCUT2D eigenvalue weighted by Gasteiger charge is 2.25. The zero-order valence-corrected chi connectivity index (χ0v) is 22.5. The molecule has 4 rings (SSSR count). The lowest BCUT2D eigenvalue weighted by Gasteiger charge is -2.12. The normalized spacial score (nSPS) is 11.1. The number of aromatic nitrogens is 4. The van der Waals surface area contributed by atoms with Gasteiger partial charge in [-0.25, -0.2) is 19.6 Å². The number of nitrogens with zero attached hydrogens (tertiary/aromatic N) is 4. The van der Waals surface area contributed by atoms with Crippen molar-refractivity contribution in [3.05, 3.63) is 71.4 Å². The molecule has 0 spiro atoms. The first kappa shape index (κ1) is 26.5. The van der Waals surface area contributed by atoms with Crippen LogP contribution in [0.3, 0.4) is 0 Å². The van der Waals surface area contributed by atoms with Gasteiger partial charge in [-0.3, -0.25) is 4.40 Å². The van der Waals surface area contributed by atoms with Gasteiger partial charge in [0.25, 0.3) is 0 Å². The van der Waals surface area contributed by atoms with Gasteiger partial charge >= 0.3 is 11.9 Å². The van der Waals surface area contributed by atoms with E-state index in [2.05, 4.69) is 6.92 Å². The maximum atomic E-state index is 12.9. The number of ether oxygens (including phenoxy) is 2. The maximum absolute atomic E-state index is 12.9. The minimum atomic E-state index is -0.414. The number of esters is 2. The summed E-state index contributed by atoms with van der Waals surface area (Å²) >= 11 is 1.45. The summed E-state index contributed by atoms with van der Waals surface area (Å²) in [7, 11) is 0. The van der Waals surface area contributed by atoms with E-state index in [0.717, 1.165) is 36.2 Å². The predicted molar refractivity (Wildman–Crippen MR) is 144 cm³/mol. The van der Waals surface area contributed by atoms with Gasteiger partial charge in [0, 0.05) is 24.7 Å². The van der Waals surface area contributed by atoms with Crippen molar-refractivity contribution in [2.45, 2.75) is 51.6 Å². The Balaban J connectivity index is 1.71. The van der Waals surface area contributed by atoms with Crippen molar-refractivity contribution in [2.24, 2.45) is 0 Å². The third kappa shape index (κ3) is 5.56. The van der Waals surface area contributed by atoms with Crippen molar-refractivity contribution in [2.75, 3.05) is 19.5 Å². The number of carbonyl (C=O) groups excluding carboxylic acids is 2. The molecule has 0 aliphatic carbocycles. The molecule has 37 heavy (non-hydrogen) atoms. The van der Waals surface area contributed by atoms with Crippen LogP contribution in [0.15, 0.2) is 53.7 Å². The van der Waals surface area contributed by atoms with Crippen LogP contribution in [0.5, 0.6) is 0 Å². The fourth-order valence-corrected chi connectivity index (χ4v) is 4.84. The number of aryl methyl sites for hydroxylation is 1. The molecule has 9 heteroatoms. The molecule has 4 aromatic rings. The molecule has 0 bridgehead atoms. The van der Waals surface area contributed by atoms with Gasteiger partial charge in [-0.15, -0.1) is 11.8 Å². The van der Waals surface area contributed by atoms with Gasteiger partial charge in [0.2, 0.25) is 0 Å². The van der Waals surface area contributed by atoms with Crippen LogP contribution in [0.1, 0.15) is 66.0 Å². The molecular weight excluding hydrogens is 488 g/mol. The van der Waals surface area contributed by atoms with E-state index in [1.807, 2.05) is 59.5 Å². The molecule has 3 heterocycles. The molecule has 194 valence electrons. The molecule has 3 aromatic heterocycles. The second-order valence-electron chi connectivity index (χ2n) is 8.45. The van der Waals surface area contributed by atoms with Crippen molar-refractivity contribution >= 4 is 29.3 Å². The van der Waals surface area contributed by atoms with Crippen LogP contribution in [0, 0.1) is 0 Å². The van der Waals surface area contributed by atoms with Crippen LogP contribution in [-0.2, 0) is 22.4 Å². The molecule has 0 aliphatic heterocycles. The molecule has 1 aromatic carbocycles. The van der Waals surface area contributed by atoms with Gasteiger partial charge in [0.15, 0.2) is 11.4 Å². The van der Waals surface area contributed by atoms with E-state index in [-0.39, 0.29) is 12.6 Å². The van der Waals surface area contributed by atoms with Crippen molar-refractivity contribution in [3.63, 3.8) is 0 Å². The number of fused-ring (bicyclic) bond motifs is 1. The number of benzene rings is 1. The first-order valence-corrected chi connectivity index (χ1v) is 13.8. The van der Waals surface area contributed by atoms with Crippen LogP contribution < -0.4 is 0 Å². The summed E-state index contributed by atoms with van der Waals surface area (Å²) < 4.78 is 14.4. The molecular formula is C28H32N4O4S. The Hall–Kier alpha value is -3.59. The lowest BCUT2D eigenvalue weighted by molar-refractivity contribution is 0.0503. The number of imidazole rings is 2. The van der Waals surface area contributed by atoms with Gasteiger partial charge in [0.05, 0.1) is 13.2 Å². The lowest BCUT2D eigenvalue weighted by atomic mass is 10.1. The summed E-state index contributed by atoms with van der Waals surface area (Å²) in [5.41, 5.74) is 3.94. The Morgan fingerprint density at radius 3 is 2.27 bits per heavy atom. The molecule has 0 aliphatic rings. The molecule has 0 radical (unpaired) electrons. The number of thioether (sulfide) groups is 1. The summed E-state index contributed by atoms with van der Waals surface area (Å²) in [5.74, 6) is 0.105. The average molecular weight is 521 g/mol. The highest BCUT2D eigenvalue weighted by molar-refractivity contribution is 7.98. The van der Waals surface area contributed by atoms with Crippen LogP contribution in [0.25, 0.3) is 16.9 Å². The van der Waals surface area contributed by atoms with Gasteiger partial charge in [-0.05, 0) is 44.2 Å². The Kier molecular flexibility index (Phi) is 8.66. The third-order valence-corrected chi connectivity index (χ3v) is 6.67. The van der Waals surface area contributed by atoms with Gasteiger partial charge in [0.1, 0.15) is 22.2 Å². The number of pyridine rings is 1. The van der Waals surface area contributed by atoms with Crippen LogP contribution in [0.2, 0.25) is 0 Å². The summed E-state index contributed by atoms with van der Waals surface area (Å²) in [5, 5.41) is 0.685. The van der Waals surface area contributed by atoms with Crippen molar-refractivity contribution in [3.8, 4) is 11.3 Å². The monoisotopic (exact) mass is 520 g/mol. The highest BCUT2D eigenvalue weighted by Crippen LogP contribution is 2.28. The molecule has 0 saturated carbocycles. The maximum Gasteiger partial charge on any atom is 0.357 e. The standard InChI is InChI=1S/C28H32N4O4S/c1-5-8-11-22-30-26(37-4)25(28(34)36-7-3)32(22)18-19-13-15-20(16-14-19)23-24(27(33)35-6-2)31-17-10-9-12-21(31)29-23/h9-10,12-17H,5-8,11,18H2,1-4H3. The minimum absolute atomic E-state index is 0.281. The summed E-state index contributed by atoms with van der Waals surface area (Å²) in [6.07, 6.45) is 6.53. The molecule has 0 amide bonds. The van der Waals surface area contributed by atoms with Crippen molar-refractivity contribution in [1.82, 2.24) is 18.9 Å². The molecule has 0 saturated heterocycles. The second kappa shape index (κ2) is 12.1. The molecule has 0 N–H and O–H groups in total. The number of hydrogen-bond acceptors (Lipinski definition) is 7. The Labute approximate surface area is 221 Å². The third-order valence-electron chi connectivity index (χ3n) is 6.00. The SMILES string of the molecule is CCCCc1nc(SC)c(C(=O)OCC)n1Cc1ccc(-c2nc3ccccn3c2C(=O)OCC)cc1. The van der Waals surface area contributed by atoms with Crippen LogP contribution in [-0.4, -0.2) is 50.3 Å². The van der Waals surface area contributed by atoms with E-state index in [4.69, 9.17) is 19.4 Å². The molecule has 0 unspecified atom stereocenters. The van der Waals surface area contributed by atoms with Crippen molar-refractivity contribution in [1.29, 1.82) is 0 Å². The Morgan fingerprint density at radius 1 is 0.919 bits per heavy atom. The van der Waals surface area contributed by atoms with E-state index in [1.54, 1.807) is 18.2 Å². The van der Waals surface area contributed by atoms with E-state index < -0.39 is 5.97 Å². The van der Waals surface area contributed by atoms with E-state index in [0.29, 0.717) is 40.9 Å². The molecule has 8 nitrogen and oxygen atoms in total. The average Bonchev–Trinajstić information content (AvgIpc) is 3.46. The topological polar surface area (TPSA) is 87.7 Å². The Morgan fingerprint density at radius 2 is 1.62 bits per heavy atom. The van der Waals surface area contributed by atoms with Crippen LogP contribution >= 0.6 is 11.8 Å². The van der Waals surface area contributed by atoms with E-state index >= 15 is 0 Å². The van der Waals surface area contributed by atoms with Gasteiger partial charge < -0.3 is 14.0 Å². The van der Waals surface area contributed by atoms with E-state index in [1.165, 1.54) is 11.8 Å². The smallest absolute Gasteiger partial charge is 0.357 e. The summed E-state index contributed by atoms with van der Waals surface area (Å²) in [6, 6.07) is 13.5. The molecule has 0 fully saturated rings. The summed E-state index contributed by atoms with van der Waals surface area (Å²) in [4.78, 5) is 35.1. The molecule has 0 atom stereocenters. The minimum Gasteiger partial charge on any atom is -0.461 e. The number of unbranched alkanes of at least 4 members (excludes halogenated alkanes) is 1. The van der Waals surface area contributed by atoms with Gasteiger partial charge in [-0.2, -0.15) is 0 Å². The number of rotatable bonds is 11.